The molecule has 0 bridgehead atoms. The van der Waals surface area contributed by atoms with Crippen molar-refractivity contribution in [2.24, 2.45) is 0 Å². The Kier molecular flexibility index (Phi) is 24.4. The average Bonchev–Trinajstić information content (AvgIpc) is 0.774. The number of aryl methyl sites for hydroxylation is 2. The summed E-state index contributed by atoms with van der Waals surface area (Å²) >= 11 is 0. The fourth-order valence-corrected chi connectivity index (χ4v) is 15.2. The predicted molar refractivity (Wildman–Crippen MR) is 468 cm³/mol. The van der Waals surface area contributed by atoms with Gasteiger partial charge in [0.2, 0.25) is 0 Å². The first-order valence-corrected chi connectivity index (χ1v) is 38.1. The molecule has 4 heterocycles. The molecule has 14 aromatic carbocycles. The topological polar surface area (TPSA) is 60.3 Å². The Morgan fingerprint density at radius 2 is 0.613 bits per heavy atom. The van der Waals surface area contributed by atoms with Crippen LogP contribution in [0.25, 0.3) is 188 Å². The molecule has 0 aliphatic heterocycles. The molecule has 0 aliphatic carbocycles. The van der Waals surface area contributed by atoms with Crippen LogP contribution in [0, 0.1) is 68.7 Å². The van der Waals surface area contributed by atoms with Crippen LogP contribution in [0.4, 0.5) is 24.5 Å². The fraction of sp³-hybridized carbons (Fsp3) is 0.0185. The van der Waals surface area contributed by atoms with Crippen LogP contribution in [-0.4, -0.2) is 19.9 Å². The van der Waals surface area contributed by atoms with Crippen molar-refractivity contribution in [2.75, 3.05) is 0 Å². The largest absolute Gasteiger partial charge is 0.304 e. The van der Waals surface area contributed by atoms with Crippen molar-refractivity contribution in [1.29, 1.82) is 0 Å². The van der Waals surface area contributed by atoms with Gasteiger partial charge in [-0.2, -0.15) is 0 Å². The molecule has 119 heavy (non-hydrogen) atoms. The van der Waals surface area contributed by atoms with Crippen molar-refractivity contribution in [3.05, 3.63) is 446 Å². The number of pyridine rings is 4. The maximum absolute atomic E-state index is 15.0. The number of hydrogen-bond acceptors (Lipinski definition) is 4. The van der Waals surface area contributed by atoms with Crippen molar-refractivity contribution < 1.29 is 53.4 Å². The van der Waals surface area contributed by atoms with Crippen LogP contribution >= 0.6 is 0 Å². The van der Waals surface area contributed by atoms with E-state index in [0.29, 0.717) is 11.3 Å². The maximum atomic E-state index is 15.0. The summed E-state index contributed by atoms with van der Waals surface area (Å²) in [6.07, 6.45) is 7.49. The summed E-state index contributed by atoms with van der Waals surface area (Å²) in [4.78, 5) is 25.5. The van der Waals surface area contributed by atoms with Gasteiger partial charge in [0, 0.05) is 93.6 Å². The second-order valence-corrected chi connectivity index (χ2v) is 28.4. The Bertz CT molecular complexity index is 6800. The van der Waals surface area contributed by atoms with Gasteiger partial charge in [-0.3, -0.25) is 22.9 Å². The number of hydrogen-bond donors (Lipinski definition) is 0. The molecule has 0 spiro atoms. The summed E-state index contributed by atoms with van der Waals surface area (Å²) in [5.41, 5.74) is 32.0. The molecule has 0 saturated carbocycles. The van der Waals surface area contributed by atoms with E-state index in [1.54, 1.807) is 12.3 Å². The van der Waals surface area contributed by atoms with Gasteiger partial charge in [-0.1, -0.05) is 267 Å². The second-order valence-electron chi connectivity index (χ2n) is 28.4. The molecule has 0 atom stereocenters. The third kappa shape index (κ3) is 17.2. The molecule has 18 aromatic rings. The molecule has 0 N–H and O–H groups in total. The van der Waals surface area contributed by atoms with E-state index in [9.17, 15) is 8.78 Å². The van der Waals surface area contributed by atoms with E-state index in [-0.39, 0.29) is 57.2 Å². The predicted octanol–water partition coefficient (Wildman–Crippen LogP) is 29.0. The Morgan fingerprint density at radius 3 is 1.01 bits per heavy atom. The standard InChI is InChI=1S/C54H33F2N3.C54H34FN3.2Ir/c1-35-29-41(44-18-10-9-17-43(44)40-25-28-51(58-33-40)47-26-27-50(55)54(57-2)53(47)56)31-42(30-35)45-19-11-12-20-46(45)49-34-59-52(39-15-7-4-8-16-39)32-48(49)38-23-21-37(22-24-38)36-13-5-3-6-14-36;1-36-29-43(46-18-10-9-17-45(46)42-26-28-52(57-34-42)41-25-27-51(55)54(32-41)56-2)31-44(30-36)47-19-11-12-20-48(47)50-35-58-53(40-15-7-4-8-16-40)33-49(50)39-23-21-38(22-24-39)37-13-5-3-6-14-37;;/h3-15,17-25,27-34H,1H3;3-15,17-24,26-35H,1H3;;/q2*-2;;. The van der Waals surface area contributed by atoms with Gasteiger partial charge in [0.15, 0.2) is 5.69 Å². The molecule has 4 aromatic heterocycles. The van der Waals surface area contributed by atoms with Gasteiger partial charge in [0.1, 0.15) is 5.69 Å². The van der Waals surface area contributed by atoms with Crippen molar-refractivity contribution >= 4 is 11.4 Å². The first kappa shape index (κ1) is 80.0. The number of benzene rings is 14. The summed E-state index contributed by atoms with van der Waals surface area (Å²) in [5, 5.41) is 0. The van der Waals surface area contributed by atoms with Crippen LogP contribution in [0.15, 0.2) is 371 Å². The van der Waals surface area contributed by atoms with Gasteiger partial charge in [-0.25, -0.2) is 0 Å². The third-order valence-corrected chi connectivity index (χ3v) is 20.9. The van der Waals surface area contributed by atoms with E-state index in [1.807, 2.05) is 122 Å². The summed E-state index contributed by atoms with van der Waals surface area (Å²) in [5.74, 6) is -2.50. The molecule has 0 amide bonds. The SMILES string of the molecule is [C-]#[N+]c1c(F)c[c-]c(-c2ccc(-c3ccccc3-c3cc(C)cc(-c4ccccc4-c4cnc(-c5[c-]cccc5)cc4-c4ccc(-c5ccccc5)cc4)c3)cn2)c1F.[C-]#[N+]c1cc(-c2ccc(-c3ccccc3-c3cc(C)cc(-c4ccccc4-c4cnc(-c5[c-]cccc5)cc4-c4ccc(-c5ccccc5)cc4)c3)cn2)[c-]cc1F.[Ir].[Ir]. The molecule has 572 valence electrons. The molecule has 0 aliphatic rings. The minimum absolute atomic E-state index is 0. The van der Waals surface area contributed by atoms with Crippen molar-refractivity contribution in [3.63, 3.8) is 0 Å². The average molecular weight is 1890 g/mol. The van der Waals surface area contributed by atoms with Crippen molar-refractivity contribution in [3.8, 4) is 179 Å². The number of aromatic nitrogens is 4. The van der Waals surface area contributed by atoms with Crippen LogP contribution in [0.5, 0.6) is 0 Å². The number of nitrogens with zero attached hydrogens (tertiary/aromatic N) is 6. The Hall–Kier alpha value is -14.3. The zero-order valence-corrected chi connectivity index (χ0v) is 69.0. The van der Waals surface area contributed by atoms with E-state index < -0.39 is 23.1 Å². The smallest absolute Gasteiger partial charge is 0.176 e. The molecule has 6 nitrogen and oxygen atoms in total. The van der Waals surface area contributed by atoms with E-state index >= 15 is 4.39 Å². The van der Waals surface area contributed by atoms with Gasteiger partial charge >= 0.3 is 0 Å². The van der Waals surface area contributed by atoms with E-state index in [0.717, 1.165) is 162 Å². The van der Waals surface area contributed by atoms with Crippen LogP contribution in [0.3, 0.4) is 0 Å². The Morgan fingerprint density at radius 1 is 0.261 bits per heavy atom. The first-order valence-electron chi connectivity index (χ1n) is 38.1. The zero-order chi connectivity index (χ0) is 79.7. The third-order valence-electron chi connectivity index (χ3n) is 20.9. The molecular weight excluding hydrogens is 1820 g/mol. The van der Waals surface area contributed by atoms with Gasteiger partial charge in [0.25, 0.3) is 0 Å². The number of halogens is 3. The summed E-state index contributed by atoms with van der Waals surface area (Å²) in [6.45, 7) is 18.7. The molecule has 2 radical (unpaired) electrons. The van der Waals surface area contributed by atoms with Gasteiger partial charge in [-0.05, 0) is 182 Å². The first-order chi connectivity index (χ1) is 57.5. The van der Waals surface area contributed by atoms with Gasteiger partial charge in [-0.15, -0.1) is 113 Å². The minimum atomic E-state index is -0.970. The van der Waals surface area contributed by atoms with E-state index in [1.165, 1.54) is 23.3 Å². The zero-order valence-electron chi connectivity index (χ0n) is 64.2. The Balaban J connectivity index is 0.000000183. The van der Waals surface area contributed by atoms with Crippen LogP contribution in [0.2, 0.25) is 0 Å². The monoisotopic (exact) mass is 1890 g/mol. The fourth-order valence-electron chi connectivity index (χ4n) is 15.2. The van der Waals surface area contributed by atoms with E-state index in [2.05, 4.69) is 271 Å². The minimum Gasteiger partial charge on any atom is -0.304 e. The summed E-state index contributed by atoms with van der Waals surface area (Å²) in [7, 11) is 0. The van der Waals surface area contributed by atoms with Crippen LogP contribution in [-0.2, 0) is 40.2 Å². The van der Waals surface area contributed by atoms with E-state index in [4.69, 9.17) is 28.1 Å². The second kappa shape index (κ2) is 36.3. The maximum Gasteiger partial charge on any atom is 0.176 e. The van der Waals surface area contributed by atoms with Crippen molar-refractivity contribution in [2.45, 2.75) is 13.8 Å². The van der Waals surface area contributed by atoms with Crippen LogP contribution < -0.4 is 0 Å². The van der Waals surface area contributed by atoms with Crippen LogP contribution in [0.1, 0.15) is 11.1 Å². The van der Waals surface area contributed by atoms with Gasteiger partial charge < -0.3 is 19.9 Å². The normalized spacial score (nSPS) is 10.7. The quantitative estimate of drug-likeness (QED) is 0.0905. The molecule has 11 heteroatoms. The van der Waals surface area contributed by atoms with Gasteiger partial charge in [0.05, 0.1) is 13.1 Å². The molecule has 18 rings (SSSR count). The molecule has 0 saturated heterocycles. The summed E-state index contributed by atoms with van der Waals surface area (Å²) < 4.78 is 43.0. The van der Waals surface area contributed by atoms with Crippen molar-refractivity contribution in [1.82, 2.24) is 19.9 Å². The molecule has 0 unspecified atom stereocenters. The summed E-state index contributed by atoms with van der Waals surface area (Å²) in [6, 6.07) is 129. The number of rotatable bonds is 16. The molecular formula is C108H67F3Ir2N6-4. The molecule has 0 fully saturated rings. The Labute approximate surface area is 717 Å².